The van der Waals surface area contributed by atoms with Gasteiger partial charge in [-0.15, -0.1) is 0 Å². The maximum atomic E-state index is 11.1. The summed E-state index contributed by atoms with van der Waals surface area (Å²) in [5.41, 5.74) is 0. The summed E-state index contributed by atoms with van der Waals surface area (Å²) in [5, 5.41) is 0. The Bertz CT molecular complexity index is 732. The van der Waals surface area contributed by atoms with E-state index in [0.29, 0.717) is 52.1 Å². The minimum atomic E-state index is -3.49. The fourth-order valence-corrected chi connectivity index (χ4v) is 8.02. The van der Waals surface area contributed by atoms with Crippen molar-refractivity contribution in [1.29, 1.82) is 0 Å². The van der Waals surface area contributed by atoms with Crippen molar-refractivity contribution < 1.29 is 77.0 Å². The quantitative estimate of drug-likeness (QED) is 0.0413. The van der Waals surface area contributed by atoms with Crippen molar-refractivity contribution in [1.82, 2.24) is 0 Å². The zero-order chi connectivity index (χ0) is 37.8. The van der Waals surface area contributed by atoms with Crippen LogP contribution < -0.4 is 19.6 Å². The molecule has 0 fully saturated rings. The zero-order valence-corrected chi connectivity index (χ0v) is 37.7. The van der Waals surface area contributed by atoms with Gasteiger partial charge in [0.05, 0.1) is 26.4 Å². The van der Waals surface area contributed by atoms with Gasteiger partial charge in [0.1, 0.15) is 30.4 Å². The molecule has 12 nitrogen and oxygen atoms in total. The number of hydrogen-bond donors (Lipinski definition) is 0. The Morgan fingerprint density at radius 1 is 0.327 bits per heavy atom. The molecule has 4 atom stereocenters. The number of hydrogen-bond acceptors (Lipinski definition) is 12. The molecular formula is C32H72MoO12P4. The van der Waals surface area contributed by atoms with Crippen molar-refractivity contribution in [3.05, 3.63) is 0 Å². The van der Waals surface area contributed by atoms with Crippen LogP contribution in [-0.4, -0.2) is 51.1 Å². The van der Waals surface area contributed by atoms with Gasteiger partial charge >= 0.3 is 21.1 Å². The molecule has 0 aromatic carbocycles. The first-order chi connectivity index (χ1) is 22.5. The molecule has 17 heteroatoms. The normalized spacial score (nSPS) is 15.6. The Morgan fingerprint density at radius 3 is 0.592 bits per heavy atom. The molecule has 0 aliphatic carbocycles. The Morgan fingerprint density at radius 2 is 0.469 bits per heavy atom. The van der Waals surface area contributed by atoms with E-state index in [0.717, 1.165) is 77.0 Å². The van der Waals surface area contributed by atoms with E-state index in [1.54, 1.807) is 0 Å². The van der Waals surface area contributed by atoms with Gasteiger partial charge in [-0.3, -0.25) is 0 Å². The molecule has 0 heterocycles. The topological polar surface area (TPSA) is 197 Å². The van der Waals surface area contributed by atoms with E-state index in [9.17, 15) is 37.8 Å². The second-order valence-corrected chi connectivity index (χ2v) is 19.2. The Kier molecular flexibility index (Phi) is 49.2. The predicted molar refractivity (Wildman–Crippen MR) is 193 cm³/mol. The first-order valence-electron chi connectivity index (χ1n) is 18.3. The predicted octanol–water partition coefficient (Wildman–Crippen LogP) is 8.62. The molecule has 0 N–H and O–H groups in total. The maximum absolute atomic E-state index is 11.1. The maximum Gasteiger partial charge on any atom is 4.00 e. The summed E-state index contributed by atoms with van der Waals surface area (Å²) in [6.45, 7) is 17.3. The molecule has 0 rings (SSSR count). The number of rotatable bonds is 28. The van der Waals surface area contributed by atoms with E-state index in [-0.39, 0.29) is 45.7 Å². The molecule has 0 saturated carbocycles. The fraction of sp³-hybridized carbons (Fsp3) is 1.00. The van der Waals surface area contributed by atoms with Crippen molar-refractivity contribution >= 4 is 30.4 Å². The standard InChI is InChI=1S/4C8H19O3P.Mo/c4*1-3-5-7-11-12(9,10)8-6-4-2;/h4*3-8H2,1-2H3,(H,9,10);/q;;;;+4/p-4. The average Bonchev–Trinajstić information content (AvgIpc) is 3.02. The average molecular weight is 869 g/mol. The molecule has 0 aliphatic heterocycles. The molecule has 0 bridgehead atoms. The Hall–Kier alpha value is 1.29. The summed E-state index contributed by atoms with van der Waals surface area (Å²) in [5.74, 6) is 0. The molecule has 0 saturated heterocycles. The first-order valence-corrected chi connectivity index (χ1v) is 25.2. The fourth-order valence-electron chi connectivity index (χ4n) is 3.06. The molecule has 0 aromatic rings. The molecule has 0 amide bonds. The van der Waals surface area contributed by atoms with E-state index >= 15 is 0 Å². The third-order valence-corrected chi connectivity index (χ3v) is 12.0. The second kappa shape index (κ2) is 40.5. The van der Waals surface area contributed by atoms with Gasteiger partial charge in [0.15, 0.2) is 0 Å². The molecule has 4 unspecified atom stereocenters. The molecular weight excluding hydrogens is 796 g/mol. The van der Waals surface area contributed by atoms with E-state index in [4.69, 9.17) is 18.1 Å². The largest absolute Gasteiger partial charge is 4.00 e. The Balaban J connectivity index is -0.000000174. The van der Waals surface area contributed by atoms with Crippen molar-refractivity contribution in [3.63, 3.8) is 0 Å². The van der Waals surface area contributed by atoms with Crippen molar-refractivity contribution in [2.75, 3.05) is 51.1 Å². The van der Waals surface area contributed by atoms with Gasteiger partial charge in [-0.2, -0.15) is 0 Å². The van der Waals surface area contributed by atoms with Crippen LogP contribution >= 0.6 is 30.4 Å². The summed E-state index contributed by atoms with van der Waals surface area (Å²) < 4.78 is 63.4. The molecule has 0 aliphatic rings. The van der Waals surface area contributed by atoms with Gasteiger partial charge in [-0.05, 0) is 51.4 Å². The van der Waals surface area contributed by atoms with E-state index in [1.807, 2.05) is 55.4 Å². The van der Waals surface area contributed by atoms with Crippen LogP contribution in [0.1, 0.15) is 158 Å². The van der Waals surface area contributed by atoms with Gasteiger partial charge in [-0.25, -0.2) is 0 Å². The van der Waals surface area contributed by atoms with E-state index in [2.05, 4.69) is 0 Å². The summed E-state index contributed by atoms with van der Waals surface area (Å²) in [6, 6.07) is 0. The third kappa shape index (κ3) is 53.7. The van der Waals surface area contributed by atoms with Gasteiger partial charge in [-0.1, -0.05) is 107 Å². The summed E-state index contributed by atoms with van der Waals surface area (Å²) in [4.78, 5) is 44.3. The van der Waals surface area contributed by atoms with Crippen molar-refractivity contribution in [3.8, 4) is 0 Å². The minimum absolute atomic E-state index is 0. The van der Waals surface area contributed by atoms with Gasteiger partial charge in [0.25, 0.3) is 0 Å². The van der Waals surface area contributed by atoms with Crippen LogP contribution in [0.3, 0.4) is 0 Å². The monoisotopic (exact) mass is 870 g/mol. The van der Waals surface area contributed by atoms with Crippen LogP contribution in [0, 0.1) is 0 Å². The van der Waals surface area contributed by atoms with Crippen LogP contribution in [0.25, 0.3) is 0 Å². The molecule has 0 aromatic heterocycles. The van der Waals surface area contributed by atoms with Crippen LogP contribution in [0.4, 0.5) is 0 Å². The zero-order valence-electron chi connectivity index (χ0n) is 32.1. The van der Waals surface area contributed by atoms with Crippen molar-refractivity contribution in [2.45, 2.75) is 158 Å². The van der Waals surface area contributed by atoms with Crippen LogP contribution in [-0.2, 0) is 57.4 Å². The summed E-state index contributed by atoms with van der Waals surface area (Å²) >= 11 is 0. The second-order valence-electron chi connectivity index (χ2n) is 11.5. The smallest absolute Gasteiger partial charge is 0.778 e. The number of unbranched alkanes of at least 4 members (excludes halogenated alkanes) is 8. The minimum Gasteiger partial charge on any atom is -0.778 e. The van der Waals surface area contributed by atoms with E-state index < -0.39 is 30.4 Å². The van der Waals surface area contributed by atoms with Gasteiger partial charge in [0, 0.05) is 24.6 Å². The Labute approximate surface area is 315 Å². The summed E-state index contributed by atoms with van der Waals surface area (Å²) in [6.07, 6.45) is 14.3. The van der Waals surface area contributed by atoms with E-state index in [1.165, 1.54) is 0 Å². The molecule has 0 radical (unpaired) electrons. The van der Waals surface area contributed by atoms with Crippen LogP contribution in [0.2, 0.25) is 0 Å². The molecule has 0 spiro atoms. The van der Waals surface area contributed by atoms with Crippen LogP contribution in [0.5, 0.6) is 0 Å². The first kappa shape index (κ1) is 59.6. The van der Waals surface area contributed by atoms with Gasteiger partial charge in [0.2, 0.25) is 0 Å². The SMILES string of the molecule is CCCCOP(=O)([O-])CCCC.CCCCOP(=O)([O-])CCCC.CCCCOP(=O)([O-])CCCC.CCCCOP(=O)([O-])CCCC.[Mo+4]. The third-order valence-electron chi connectivity index (χ3n) is 6.29. The van der Waals surface area contributed by atoms with Gasteiger partial charge < -0.3 is 55.9 Å². The summed E-state index contributed by atoms with van der Waals surface area (Å²) in [7, 11) is -14.0. The van der Waals surface area contributed by atoms with Crippen LogP contribution in [0.15, 0.2) is 0 Å². The van der Waals surface area contributed by atoms with Crippen molar-refractivity contribution in [2.24, 2.45) is 0 Å². The molecule has 298 valence electrons. The molecule has 49 heavy (non-hydrogen) atoms.